The molecule has 0 fully saturated rings. The quantitative estimate of drug-likeness (QED) is 0.674. The molecule has 0 aromatic heterocycles. The second kappa shape index (κ2) is 4.85. The van der Waals surface area contributed by atoms with Crippen molar-refractivity contribution in [2.24, 2.45) is 5.92 Å². The third-order valence-corrected chi connectivity index (χ3v) is 2.35. The van der Waals surface area contributed by atoms with E-state index < -0.39 is 17.9 Å². The van der Waals surface area contributed by atoms with Crippen LogP contribution in [0.15, 0.2) is 24.3 Å². The predicted octanol–water partition coefficient (Wildman–Crippen LogP) is 4.52. The normalized spacial score (nSPS) is 14.2. The van der Waals surface area contributed by atoms with Gasteiger partial charge in [-0.2, -0.15) is 13.2 Å². The zero-order chi connectivity index (χ0) is 12.3. The summed E-state index contributed by atoms with van der Waals surface area (Å²) in [7, 11) is 0. The molecule has 16 heavy (non-hydrogen) atoms. The van der Waals surface area contributed by atoms with Crippen LogP contribution in [0, 0.1) is 11.7 Å². The van der Waals surface area contributed by atoms with Crippen molar-refractivity contribution >= 4 is 0 Å². The largest absolute Gasteiger partial charge is 0.395 e. The Labute approximate surface area is 92.3 Å². The zero-order valence-corrected chi connectivity index (χ0v) is 9.18. The van der Waals surface area contributed by atoms with Gasteiger partial charge in [0.25, 0.3) is 0 Å². The van der Waals surface area contributed by atoms with E-state index in [0.717, 1.165) is 12.1 Å². The third-order valence-electron chi connectivity index (χ3n) is 2.35. The molecule has 0 spiro atoms. The maximum absolute atomic E-state index is 12.9. The summed E-state index contributed by atoms with van der Waals surface area (Å²) in [6, 6.07) is 4.74. The van der Waals surface area contributed by atoms with Gasteiger partial charge in [0.1, 0.15) is 5.82 Å². The maximum Gasteiger partial charge on any atom is 0.395 e. The fraction of sp³-hybridized carbons (Fsp3) is 0.500. The molecule has 0 heterocycles. The minimum absolute atomic E-state index is 0.00111. The van der Waals surface area contributed by atoms with Crippen LogP contribution in [0.3, 0.4) is 0 Å². The van der Waals surface area contributed by atoms with E-state index >= 15 is 0 Å². The Morgan fingerprint density at radius 2 is 1.81 bits per heavy atom. The number of rotatable bonds is 3. The molecule has 0 aliphatic carbocycles. The van der Waals surface area contributed by atoms with Crippen LogP contribution in [0.25, 0.3) is 0 Å². The highest BCUT2D eigenvalue weighted by atomic mass is 19.4. The molecule has 1 unspecified atom stereocenters. The third kappa shape index (κ3) is 3.51. The zero-order valence-electron chi connectivity index (χ0n) is 9.18. The van der Waals surface area contributed by atoms with Crippen LogP contribution in [-0.4, -0.2) is 6.18 Å². The van der Waals surface area contributed by atoms with Crippen LogP contribution in [0.4, 0.5) is 17.6 Å². The van der Waals surface area contributed by atoms with Crippen LogP contribution < -0.4 is 0 Å². The first-order chi connectivity index (χ1) is 7.30. The van der Waals surface area contributed by atoms with Crippen molar-refractivity contribution in [1.29, 1.82) is 0 Å². The van der Waals surface area contributed by atoms with E-state index in [1.807, 2.05) is 0 Å². The molecular formula is C12H14F4. The Morgan fingerprint density at radius 3 is 2.25 bits per heavy atom. The summed E-state index contributed by atoms with van der Waals surface area (Å²) in [5.41, 5.74) is 0.00111. The molecule has 0 nitrogen and oxygen atoms in total. The standard InChI is InChI=1S/C12H14F4/c1-8(2)6-11(12(14,15)16)9-4-3-5-10(13)7-9/h3-5,7-8,11H,6H2,1-2H3. The van der Waals surface area contributed by atoms with E-state index in [1.54, 1.807) is 13.8 Å². The van der Waals surface area contributed by atoms with Crippen molar-refractivity contribution in [2.75, 3.05) is 0 Å². The van der Waals surface area contributed by atoms with Crippen molar-refractivity contribution < 1.29 is 17.6 Å². The molecule has 0 aliphatic heterocycles. The minimum Gasteiger partial charge on any atom is -0.207 e. The van der Waals surface area contributed by atoms with Crippen molar-refractivity contribution in [3.05, 3.63) is 35.6 Å². The lowest BCUT2D eigenvalue weighted by Crippen LogP contribution is -2.22. The molecule has 0 radical (unpaired) electrons. The number of benzene rings is 1. The SMILES string of the molecule is CC(C)CC(c1cccc(F)c1)C(F)(F)F. The van der Waals surface area contributed by atoms with Crippen molar-refractivity contribution in [1.82, 2.24) is 0 Å². The molecule has 90 valence electrons. The highest BCUT2D eigenvalue weighted by Crippen LogP contribution is 2.39. The number of hydrogen-bond donors (Lipinski definition) is 0. The second-order valence-corrected chi connectivity index (χ2v) is 4.28. The molecule has 1 aromatic rings. The smallest absolute Gasteiger partial charge is 0.207 e. The van der Waals surface area contributed by atoms with Gasteiger partial charge in [0, 0.05) is 0 Å². The van der Waals surface area contributed by atoms with E-state index in [-0.39, 0.29) is 17.9 Å². The summed E-state index contributed by atoms with van der Waals surface area (Å²) in [5.74, 6) is -2.30. The molecule has 1 atom stereocenters. The van der Waals surface area contributed by atoms with Crippen LogP contribution >= 0.6 is 0 Å². The van der Waals surface area contributed by atoms with Gasteiger partial charge in [-0.25, -0.2) is 4.39 Å². The summed E-state index contributed by atoms with van der Waals surface area (Å²) in [5, 5.41) is 0. The van der Waals surface area contributed by atoms with Gasteiger partial charge in [0.15, 0.2) is 0 Å². The highest BCUT2D eigenvalue weighted by Gasteiger charge is 2.40. The van der Waals surface area contributed by atoms with Gasteiger partial charge in [-0.05, 0) is 30.0 Å². The molecule has 0 saturated heterocycles. The van der Waals surface area contributed by atoms with Crippen LogP contribution in [-0.2, 0) is 0 Å². The van der Waals surface area contributed by atoms with Crippen molar-refractivity contribution in [3.63, 3.8) is 0 Å². The molecule has 0 N–H and O–H groups in total. The van der Waals surface area contributed by atoms with Gasteiger partial charge < -0.3 is 0 Å². The van der Waals surface area contributed by atoms with Crippen LogP contribution in [0.2, 0.25) is 0 Å². The lowest BCUT2D eigenvalue weighted by molar-refractivity contribution is -0.153. The average Bonchev–Trinajstić information content (AvgIpc) is 2.12. The Bertz CT molecular complexity index is 341. The Hall–Kier alpha value is -1.06. The first-order valence-corrected chi connectivity index (χ1v) is 5.13. The number of alkyl halides is 3. The van der Waals surface area contributed by atoms with Gasteiger partial charge in [0.2, 0.25) is 0 Å². The Balaban J connectivity index is 3.01. The summed E-state index contributed by atoms with van der Waals surface area (Å²) in [6.07, 6.45) is -4.34. The van der Waals surface area contributed by atoms with Crippen LogP contribution in [0.1, 0.15) is 31.7 Å². The van der Waals surface area contributed by atoms with Gasteiger partial charge in [-0.15, -0.1) is 0 Å². The van der Waals surface area contributed by atoms with E-state index in [4.69, 9.17) is 0 Å². The average molecular weight is 234 g/mol. The lowest BCUT2D eigenvalue weighted by Gasteiger charge is -2.22. The van der Waals surface area contributed by atoms with Gasteiger partial charge in [-0.3, -0.25) is 0 Å². The van der Waals surface area contributed by atoms with Crippen molar-refractivity contribution in [2.45, 2.75) is 32.4 Å². The van der Waals surface area contributed by atoms with Crippen LogP contribution in [0.5, 0.6) is 0 Å². The first-order valence-electron chi connectivity index (χ1n) is 5.13. The van der Waals surface area contributed by atoms with Crippen molar-refractivity contribution in [3.8, 4) is 0 Å². The predicted molar refractivity (Wildman–Crippen MR) is 54.7 cm³/mol. The second-order valence-electron chi connectivity index (χ2n) is 4.28. The van der Waals surface area contributed by atoms with Gasteiger partial charge >= 0.3 is 6.18 Å². The number of hydrogen-bond acceptors (Lipinski definition) is 0. The molecule has 0 saturated carbocycles. The fourth-order valence-corrected chi connectivity index (χ4v) is 1.65. The molecule has 1 rings (SSSR count). The van der Waals surface area contributed by atoms with E-state index in [9.17, 15) is 17.6 Å². The molecule has 0 amide bonds. The van der Waals surface area contributed by atoms with Gasteiger partial charge in [-0.1, -0.05) is 26.0 Å². The lowest BCUT2D eigenvalue weighted by atomic mass is 9.90. The molecule has 0 bridgehead atoms. The number of halogens is 4. The van der Waals surface area contributed by atoms with E-state index in [1.165, 1.54) is 12.1 Å². The summed E-state index contributed by atoms with van der Waals surface area (Å²) < 4.78 is 51.2. The topological polar surface area (TPSA) is 0 Å². The molecular weight excluding hydrogens is 220 g/mol. The van der Waals surface area contributed by atoms with E-state index in [0.29, 0.717) is 0 Å². The fourth-order valence-electron chi connectivity index (χ4n) is 1.65. The first kappa shape index (κ1) is 13.0. The molecule has 0 aliphatic rings. The Morgan fingerprint density at radius 1 is 1.19 bits per heavy atom. The maximum atomic E-state index is 12.9. The molecule has 4 heteroatoms. The summed E-state index contributed by atoms with van der Waals surface area (Å²) >= 11 is 0. The Kier molecular flexibility index (Phi) is 3.94. The van der Waals surface area contributed by atoms with Gasteiger partial charge in [0.05, 0.1) is 5.92 Å². The minimum atomic E-state index is -4.32. The van der Waals surface area contributed by atoms with E-state index in [2.05, 4.69) is 0 Å². The summed E-state index contributed by atoms with van der Waals surface area (Å²) in [4.78, 5) is 0. The highest BCUT2D eigenvalue weighted by molar-refractivity contribution is 5.22. The monoisotopic (exact) mass is 234 g/mol. The molecule has 1 aromatic carbocycles. The summed E-state index contributed by atoms with van der Waals surface area (Å²) in [6.45, 7) is 3.44.